The van der Waals surface area contributed by atoms with Crippen LogP contribution in [-0.2, 0) is 4.79 Å². The van der Waals surface area contributed by atoms with Crippen molar-refractivity contribution in [2.75, 3.05) is 5.32 Å². The molecule has 0 aliphatic carbocycles. The summed E-state index contributed by atoms with van der Waals surface area (Å²) < 4.78 is 0.788. The maximum atomic E-state index is 12.0. The molecule has 0 spiro atoms. The lowest BCUT2D eigenvalue weighted by molar-refractivity contribution is -0.118. The van der Waals surface area contributed by atoms with E-state index < -0.39 is 5.92 Å². The first kappa shape index (κ1) is 14.5. The second kappa shape index (κ2) is 6.39. The van der Waals surface area contributed by atoms with Crippen LogP contribution in [0.2, 0.25) is 0 Å². The molecule has 1 amide bonds. The van der Waals surface area contributed by atoms with Gasteiger partial charge in [0, 0.05) is 4.47 Å². The fourth-order valence-corrected chi connectivity index (χ4v) is 1.90. The lowest BCUT2D eigenvalue weighted by Crippen LogP contribution is -2.34. The number of halogens is 1. The third-order valence-electron chi connectivity index (χ3n) is 2.58. The number of nitrogens with one attached hydrogen (secondary N) is 1. The molecule has 98 valence electrons. The number of amidine groups is 1. The van der Waals surface area contributed by atoms with E-state index >= 15 is 0 Å². The normalized spacial score (nSPS) is 13.2. The summed E-state index contributed by atoms with van der Waals surface area (Å²) in [6.45, 7) is 3.73. The van der Waals surface area contributed by atoms with Crippen LogP contribution in [0.25, 0.3) is 0 Å². The van der Waals surface area contributed by atoms with Crippen LogP contribution >= 0.6 is 15.9 Å². The number of rotatable bonds is 4. The van der Waals surface area contributed by atoms with E-state index in [1.807, 2.05) is 25.1 Å². The highest BCUT2D eigenvalue weighted by atomic mass is 79.9. The topological polar surface area (TPSA) is 87.7 Å². The number of aryl methyl sites for hydroxylation is 1. The summed E-state index contributed by atoms with van der Waals surface area (Å²) in [5.41, 5.74) is 7.18. The third-order valence-corrected chi connectivity index (χ3v) is 3.27. The number of nitrogens with two attached hydrogens (primary N) is 1. The average Bonchev–Trinajstić information content (AvgIpc) is 2.34. The molecule has 4 N–H and O–H groups in total. The van der Waals surface area contributed by atoms with Crippen molar-refractivity contribution in [3.8, 4) is 0 Å². The number of amides is 1. The van der Waals surface area contributed by atoms with Crippen molar-refractivity contribution >= 4 is 33.4 Å². The molecule has 18 heavy (non-hydrogen) atoms. The van der Waals surface area contributed by atoms with Crippen LogP contribution in [0.1, 0.15) is 18.9 Å². The Bertz CT molecular complexity index is 474. The highest BCUT2D eigenvalue weighted by molar-refractivity contribution is 9.10. The molecule has 0 aliphatic heterocycles. The first-order chi connectivity index (χ1) is 8.49. The molecule has 0 saturated carbocycles. The van der Waals surface area contributed by atoms with E-state index in [1.54, 1.807) is 6.92 Å². The number of hydrogen-bond acceptors (Lipinski definition) is 3. The zero-order valence-corrected chi connectivity index (χ0v) is 11.9. The van der Waals surface area contributed by atoms with E-state index in [-0.39, 0.29) is 11.7 Å². The number of hydrogen-bond donors (Lipinski definition) is 3. The van der Waals surface area contributed by atoms with Gasteiger partial charge < -0.3 is 16.3 Å². The van der Waals surface area contributed by atoms with Gasteiger partial charge in [-0.25, -0.2) is 0 Å². The first-order valence-electron chi connectivity index (χ1n) is 5.54. The van der Waals surface area contributed by atoms with Gasteiger partial charge in [-0.1, -0.05) is 18.1 Å². The highest BCUT2D eigenvalue weighted by Crippen LogP contribution is 2.24. The van der Waals surface area contributed by atoms with E-state index in [4.69, 9.17) is 10.9 Å². The second-order valence-corrected chi connectivity index (χ2v) is 4.81. The molecule has 1 unspecified atom stereocenters. The largest absolute Gasteiger partial charge is 0.409 e. The van der Waals surface area contributed by atoms with Crippen LogP contribution in [0.15, 0.2) is 27.8 Å². The van der Waals surface area contributed by atoms with E-state index in [2.05, 4.69) is 26.4 Å². The maximum Gasteiger partial charge on any atom is 0.235 e. The summed E-state index contributed by atoms with van der Waals surface area (Å²) in [6, 6.07) is 5.64. The third kappa shape index (κ3) is 3.46. The maximum absolute atomic E-state index is 12.0. The van der Waals surface area contributed by atoms with Gasteiger partial charge in [-0.2, -0.15) is 0 Å². The van der Waals surface area contributed by atoms with Crippen molar-refractivity contribution in [1.29, 1.82) is 0 Å². The molecule has 1 aromatic carbocycles. The van der Waals surface area contributed by atoms with Crippen molar-refractivity contribution in [2.45, 2.75) is 20.3 Å². The van der Waals surface area contributed by atoms with Crippen molar-refractivity contribution < 1.29 is 10.0 Å². The molecular weight excluding hydrogens is 298 g/mol. The van der Waals surface area contributed by atoms with E-state index in [1.165, 1.54) is 0 Å². The Balaban J connectivity index is 2.89. The lowest BCUT2D eigenvalue weighted by atomic mass is 10.0. The zero-order valence-electron chi connectivity index (χ0n) is 10.3. The minimum Gasteiger partial charge on any atom is -0.409 e. The fourth-order valence-electron chi connectivity index (χ4n) is 1.55. The van der Waals surface area contributed by atoms with Gasteiger partial charge in [0.2, 0.25) is 5.91 Å². The predicted octanol–water partition coefficient (Wildman–Crippen LogP) is 2.47. The lowest BCUT2D eigenvalue weighted by Gasteiger charge is -2.14. The van der Waals surface area contributed by atoms with Gasteiger partial charge in [0.1, 0.15) is 0 Å². The van der Waals surface area contributed by atoms with Crippen molar-refractivity contribution in [1.82, 2.24) is 0 Å². The Morgan fingerprint density at radius 3 is 2.83 bits per heavy atom. The zero-order chi connectivity index (χ0) is 13.7. The molecule has 5 nitrogen and oxygen atoms in total. The molecule has 0 fully saturated rings. The highest BCUT2D eigenvalue weighted by Gasteiger charge is 2.21. The van der Waals surface area contributed by atoms with E-state index in [0.717, 1.165) is 10.0 Å². The number of benzene rings is 1. The summed E-state index contributed by atoms with van der Waals surface area (Å²) in [7, 11) is 0. The summed E-state index contributed by atoms with van der Waals surface area (Å²) >= 11 is 3.36. The van der Waals surface area contributed by atoms with Crippen molar-refractivity contribution in [2.24, 2.45) is 16.8 Å². The van der Waals surface area contributed by atoms with Gasteiger partial charge in [-0.15, -0.1) is 0 Å². The summed E-state index contributed by atoms with van der Waals surface area (Å²) in [5.74, 6) is -1.01. The minimum atomic E-state index is -0.637. The Morgan fingerprint density at radius 1 is 1.61 bits per heavy atom. The van der Waals surface area contributed by atoms with E-state index in [0.29, 0.717) is 12.1 Å². The molecule has 1 atom stereocenters. The van der Waals surface area contributed by atoms with E-state index in [9.17, 15) is 4.79 Å². The standard InChI is InChI=1S/C12H16BrN3O2/c1-3-8(11(14)16-18)12(17)15-10-6-7(2)4-5-9(10)13/h4-6,8,18H,3H2,1-2H3,(H2,14,16)(H,15,17). The van der Waals surface area contributed by atoms with Crippen LogP contribution in [0, 0.1) is 12.8 Å². The monoisotopic (exact) mass is 313 g/mol. The summed E-state index contributed by atoms with van der Waals surface area (Å²) in [4.78, 5) is 12.0. The Kier molecular flexibility index (Phi) is 5.15. The number of carbonyl (C=O) groups excluding carboxylic acids is 1. The molecule has 0 bridgehead atoms. The van der Waals surface area contributed by atoms with Crippen LogP contribution in [0.3, 0.4) is 0 Å². The Hall–Kier alpha value is -1.56. The number of oxime groups is 1. The molecule has 0 aliphatic rings. The smallest absolute Gasteiger partial charge is 0.235 e. The Labute approximate surface area is 114 Å². The molecule has 0 saturated heterocycles. The first-order valence-corrected chi connectivity index (χ1v) is 6.33. The molecule has 0 radical (unpaired) electrons. The van der Waals surface area contributed by atoms with Gasteiger partial charge in [0.25, 0.3) is 0 Å². The SMILES string of the molecule is CCC(C(=O)Nc1cc(C)ccc1Br)/C(N)=N/O. The van der Waals surface area contributed by atoms with Gasteiger partial charge in [-0.3, -0.25) is 4.79 Å². The molecule has 0 aromatic heterocycles. The van der Waals surface area contributed by atoms with Gasteiger partial charge in [-0.05, 0) is 47.0 Å². The number of nitrogens with zero attached hydrogens (tertiary/aromatic N) is 1. The number of anilines is 1. The van der Waals surface area contributed by atoms with Gasteiger partial charge in [0.15, 0.2) is 5.84 Å². The molecule has 1 rings (SSSR count). The summed E-state index contributed by atoms with van der Waals surface area (Å²) in [5, 5.41) is 14.3. The number of carbonyl (C=O) groups is 1. The average molecular weight is 314 g/mol. The molecular formula is C12H16BrN3O2. The van der Waals surface area contributed by atoms with Crippen LogP contribution in [0.5, 0.6) is 0 Å². The molecule has 6 heteroatoms. The quantitative estimate of drug-likeness (QED) is 0.345. The predicted molar refractivity (Wildman–Crippen MR) is 74.7 cm³/mol. The fraction of sp³-hybridized carbons (Fsp3) is 0.333. The molecule has 1 aromatic rings. The van der Waals surface area contributed by atoms with Crippen LogP contribution in [-0.4, -0.2) is 17.0 Å². The molecule has 0 heterocycles. The van der Waals surface area contributed by atoms with Gasteiger partial charge >= 0.3 is 0 Å². The van der Waals surface area contributed by atoms with Crippen LogP contribution < -0.4 is 11.1 Å². The van der Waals surface area contributed by atoms with Crippen molar-refractivity contribution in [3.05, 3.63) is 28.2 Å². The minimum absolute atomic E-state index is 0.0845. The van der Waals surface area contributed by atoms with Crippen molar-refractivity contribution in [3.63, 3.8) is 0 Å². The Morgan fingerprint density at radius 2 is 2.28 bits per heavy atom. The van der Waals surface area contributed by atoms with Gasteiger partial charge in [0.05, 0.1) is 11.6 Å². The van der Waals surface area contributed by atoms with Crippen LogP contribution in [0.4, 0.5) is 5.69 Å². The summed E-state index contributed by atoms with van der Waals surface area (Å²) in [6.07, 6.45) is 0.463. The second-order valence-electron chi connectivity index (χ2n) is 3.96.